The van der Waals surface area contributed by atoms with Crippen LogP contribution in [-0.2, 0) is 21.2 Å². The van der Waals surface area contributed by atoms with E-state index in [9.17, 15) is 17.6 Å². The maximum atomic E-state index is 13.2. The molecule has 5 nitrogen and oxygen atoms in total. The van der Waals surface area contributed by atoms with Crippen LogP contribution in [0.1, 0.15) is 18.4 Å². The van der Waals surface area contributed by atoms with Gasteiger partial charge < -0.3 is 5.32 Å². The molecule has 0 radical (unpaired) electrons. The molecule has 7 heteroatoms. The first kappa shape index (κ1) is 17.4. The summed E-state index contributed by atoms with van der Waals surface area (Å²) in [6.07, 6.45) is 2.78. The van der Waals surface area contributed by atoms with E-state index in [-0.39, 0.29) is 18.4 Å². The summed E-state index contributed by atoms with van der Waals surface area (Å²) in [5.41, 5.74) is 1.44. The van der Waals surface area contributed by atoms with Gasteiger partial charge in [-0.1, -0.05) is 24.3 Å². The van der Waals surface area contributed by atoms with Gasteiger partial charge in [-0.15, -0.1) is 0 Å². The van der Waals surface area contributed by atoms with E-state index >= 15 is 0 Å². The molecule has 0 heterocycles. The second kappa shape index (κ2) is 6.84. The van der Waals surface area contributed by atoms with Crippen molar-refractivity contribution in [3.05, 3.63) is 59.9 Å². The Morgan fingerprint density at radius 3 is 2.56 bits per heavy atom. The topological polar surface area (TPSA) is 66.5 Å². The number of carbonyl (C=O) groups excluding carboxylic acids is 1. The Balaban J connectivity index is 1.82. The fourth-order valence-electron chi connectivity index (χ4n) is 2.75. The summed E-state index contributed by atoms with van der Waals surface area (Å²) in [5.74, 6) is -0.731. The van der Waals surface area contributed by atoms with Gasteiger partial charge in [0.15, 0.2) is 0 Å². The molecule has 0 bridgehead atoms. The van der Waals surface area contributed by atoms with Gasteiger partial charge in [-0.05, 0) is 42.7 Å². The molecule has 1 fully saturated rings. The molecule has 0 unspecified atom stereocenters. The van der Waals surface area contributed by atoms with Crippen molar-refractivity contribution in [1.82, 2.24) is 0 Å². The largest absolute Gasteiger partial charge is 0.324 e. The molecule has 0 saturated heterocycles. The summed E-state index contributed by atoms with van der Waals surface area (Å²) in [4.78, 5) is 12.3. The molecule has 1 saturated carbocycles. The van der Waals surface area contributed by atoms with Crippen molar-refractivity contribution in [3.63, 3.8) is 0 Å². The second-order valence-corrected chi connectivity index (χ2v) is 8.02. The molecule has 3 rings (SSSR count). The van der Waals surface area contributed by atoms with Crippen LogP contribution < -0.4 is 9.62 Å². The van der Waals surface area contributed by atoms with Gasteiger partial charge in [0.1, 0.15) is 5.82 Å². The fourth-order valence-corrected chi connectivity index (χ4v) is 4.02. The first-order valence-electron chi connectivity index (χ1n) is 7.97. The lowest BCUT2D eigenvalue weighted by atomic mass is 10.1. The number of rotatable bonds is 6. The van der Waals surface area contributed by atoms with Crippen LogP contribution in [0.3, 0.4) is 0 Å². The summed E-state index contributed by atoms with van der Waals surface area (Å²) in [5, 5.41) is 2.75. The van der Waals surface area contributed by atoms with E-state index in [1.54, 1.807) is 36.4 Å². The second-order valence-electron chi connectivity index (χ2n) is 6.16. The zero-order valence-electron chi connectivity index (χ0n) is 13.8. The minimum Gasteiger partial charge on any atom is -0.324 e. The Bertz CT molecular complexity index is 895. The number of nitrogens with one attached hydrogen (secondary N) is 1. The highest BCUT2D eigenvalue weighted by Gasteiger charge is 2.36. The molecule has 0 atom stereocenters. The normalized spacial score (nSPS) is 14.2. The summed E-state index contributed by atoms with van der Waals surface area (Å²) >= 11 is 0. The van der Waals surface area contributed by atoms with Crippen LogP contribution in [0.5, 0.6) is 0 Å². The van der Waals surface area contributed by atoms with Crippen LogP contribution in [0.2, 0.25) is 0 Å². The molecule has 1 amide bonds. The highest BCUT2D eigenvalue weighted by atomic mass is 32.2. The highest BCUT2D eigenvalue weighted by Crippen LogP contribution is 2.37. The third-order valence-corrected chi connectivity index (χ3v) is 5.11. The van der Waals surface area contributed by atoms with E-state index in [2.05, 4.69) is 5.32 Å². The van der Waals surface area contributed by atoms with Crippen LogP contribution in [-0.4, -0.2) is 26.6 Å². The molecule has 0 aromatic heterocycles. The number of benzene rings is 2. The SMILES string of the molecule is CS(=O)(=O)N(c1ccccc1NC(=O)Cc1cccc(F)c1)C1CC1. The van der Waals surface area contributed by atoms with Crippen molar-refractivity contribution in [1.29, 1.82) is 0 Å². The molecule has 0 spiro atoms. The highest BCUT2D eigenvalue weighted by molar-refractivity contribution is 7.92. The Kier molecular flexibility index (Phi) is 4.76. The van der Waals surface area contributed by atoms with Gasteiger partial charge in [-0.2, -0.15) is 0 Å². The molecule has 0 aliphatic heterocycles. The first-order chi connectivity index (χ1) is 11.8. The van der Waals surface area contributed by atoms with Crippen molar-refractivity contribution in [3.8, 4) is 0 Å². The quantitative estimate of drug-likeness (QED) is 0.859. The van der Waals surface area contributed by atoms with Gasteiger partial charge in [0.2, 0.25) is 15.9 Å². The van der Waals surface area contributed by atoms with Crippen LogP contribution in [0.15, 0.2) is 48.5 Å². The maximum absolute atomic E-state index is 13.2. The number of nitrogens with zero attached hydrogens (tertiary/aromatic N) is 1. The number of halogens is 1. The molecule has 132 valence electrons. The third-order valence-electron chi connectivity index (χ3n) is 3.91. The number of amides is 1. The number of para-hydroxylation sites is 2. The average Bonchev–Trinajstić information content (AvgIpc) is 3.32. The monoisotopic (exact) mass is 362 g/mol. The molecule has 1 aliphatic carbocycles. The number of sulfonamides is 1. The van der Waals surface area contributed by atoms with Gasteiger partial charge in [0.05, 0.1) is 24.1 Å². The Morgan fingerprint density at radius 1 is 1.20 bits per heavy atom. The Hall–Kier alpha value is -2.41. The zero-order valence-corrected chi connectivity index (χ0v) is 14.6. The zero-order chi connectivity index (χ0) is 18.0. The van der Waals surface area contributed by atoms with Crippen molar-refractivity contribution in [2.24, 2.45) is 0 Å². The third kappa shape index (κ3) is 4.36. The van der Waals surface area contributed by atoms with Gasteiger partial charge in [0.25, 0.3) is 0 Å². The predicted octanol–water partition coefficient (Wildman–Crippen LogP) is 2.94. The number of hydrogen-bond acceptors (Lipinski definition) is 3. The van der Waals surface area contributed by atoms with Gasteiger partial charge >= 0.3 is 0 Å². The lowest BCUT2D eigenvalue weighted by Gasteiger charge is -2.24. The van der Waals surface area contributed by atoms with Crippen molar-refractivity contribution >= 4 is 27.3 Å². The summed E-state index contributed by atoms with van der Waals surface area (Å²) in [7, 11) is -3.45. The first-order valence-corrected chi connectivity index (χ1v) is 9.82. The van der Waals surface area contributed by atoms with Gasteiger partial charge in [0, 0.05) is 6.04 Å². The van der Waals surface area contributed by atoms with E-state index in [4.69, 9.17) is 0 Å². The minimum absolute atomic E-state index is 0.00833. The summed E-state index contributed by atoms with van der Waals surface area (Å²) in [6, 6.07) is 12.6. The molecule has 1 N–H and O–H groups in total. The molecule has 1 aliphatic rings. The predicted molar refractivity (Wildman–Crippen MR) is 95.5 cm³/mol. The molecule has 2 aromatic rings. The lowest BCUT2D eigenvalue weighted by molar-refractivity contribution is -0.115. The summed E-state index contributed by atoms with van der Waals surface area (Å²) < 4.78 is 38.9. The van der Waals surface area contributed by atoms with Crippen LogP contribution >= 0.6 is 0 Å². The Labute approximate surface area is 146 Å². The summed E-state index contributed by atoms with van der Waals surface area (Å²) in [6.45, 7) is 0. The molecule has 25 heavy (non-hydrogen) atoms. The number of hydrogen-bond donors (Lipinski definition) is 1. The standard InChI is InChI=1S/C18H19FN2O3S/c1-25(23,24)21(15-9-10-15)17-8-3-2-7-16(17)20-18(22)12-13-5-4-6-14(19)11-13/h2-8,11,15H,9-10,12H2,1H3,(H,20,22). The van der Waals surface area contributed by atoms with Crippen molar-refractivity contribution < 1.29 is 17.6 Å². The molecule has 2 aromatic carbocycles. The van der Waals surface area contributed by atoms with E-state index in [1.807, 2.05) is 0 Å². The Morgan fingerprint density at radius 2 is 1.92 bits per heavy atom. The maximum Gasteiger partial charge on any atom is 0.232 e. The van der Waals surface area contributed by atoms with Crippen LogP contribution in [0.25, 0.3) is 0 Å². The molecular weight excluding hydrogens is 343 g/mol. The smallest absolute Gasteiger partial charge is 0.232 e. The fraction of sp³-hybridized carbons (Fsp3) is 0.278. The lowest BCUT2D eigenvalue weighted by Crippen LogP contribution is -2.33. The number of anilines is 2. The van der Waals surface area contributed by atoms with Crippen LogP contribution in [0.4, 0.5) is 15.8 Å². The van der Waals surface area contributed by atoms with Crippen LogP contribution in [0, 0.1) is 5.82 Å². The van der Waals surface area contributed by atoms with E-state index in [0.717, 1.165) is 19.1 Å². The van der Waals surface area contributed by atoms with Crippen molar-refractivity contribution in [2.75, 3.05) is 15.9 Å². The van der Waals surface area contributed by atoms with E-state index < -0.39 is 15.8 Å². The van der Waals surface area contributed by atoms with Crippen molar-refractivity contribution in [2.45, 2.75) is 25.3 Å². The average molecular weight is 362 g/mol. The van der Waals surface area contributed by atoms with E-state index in [0.29, 0.717) is 16.9 Å². The van der Waals surface area contributed by atoms with E-state index in [1.165, 1.54) is 16.4 Å². The minimum atomic E-state index is -3.45. The number of carbonyl (C=O) groups is 1. The van der Waals surface area contributed by atoms with Gasteiger partial charge in [-0.25, -0.2) is 12.8 Å². The molecular formula is C18H19FN2O3S. The van der Waals surface area contributed by atoms with Gasteiger partial charge in [-0.3, -0.25) is 9.10 Å².